The van der Waals surface area contributed by atoms with Crippen molar-refractivity contribution in [3.8, 4) is 0 Å². The number of carbonyl (C=O) groups is 3. The van der Waals surface area contributed by atoms with Crippen LogP contribution >= 0.6 is 11.8 Å². The van der Waals surface area contributed by atoms with Crippen LogP contribution in [0.15, 0.2) is 0 Å². The van der Waals surface area contributed by atoms with E-state index >= 15 is 0 Å². The average Bonchev–Trinajstić information content (AvgIpc) is 3.04. The normalized spacial score (nSPS) is 28.6. The molecule has 112 valence electrons. The minimum Gasteiger partial charge on any atom is -0.481 e. The van der Waals surface area contributed by atoms with Crippen LogP contribution in [-0.2, 0) is 14.4 Å². The molecule has 0 aromatic rings. The summed E-state index contributed by atoms with van der Waals surface area (Å²) < 4.78 is 0. The molecule has 2 rings (SSSR count). The number of hydrogen-bond acceptors (Lipinski definition) is 4. The van der Waals surface area contributed by atoms with E-state index in [1.54, 1.807) is 0 Å². The largest absolute Gasteiger partial charge is 0.481 e. The van der Waals surface area contributed by atoms with E-state index in [-0.39, 0.29) is 11.8 Å². The van der Waals surface area contributed by atoms with Crippen molar-refractivity contribution in [3.05, 3.63) is 0 Å². The molecule has 0 radical (unpaired) electrons. The Hall–Kier alpha value is -1.24. The zero-order valence-electron chi connectivity index (χ0n) is 11.7. The van der Waals surface area contributed by atoms with Crippen molar-refractivity contribution < 1.29 is 19.5 Å². The number of rotatable bonds is 5. The summed E-state index contributed by atoms with van der Waals surface area (Å²) in [6.07, 6.45) is 0.398. The molecule has 2 aliphatic rings. The summed E-state index contributed by atoms with van der Waals surface area (Å²) in [6, 6.07) is -0.457. The molecule has 0 aromatic carbocycles. The number of hydrogen-bond donors (Lipinski definition) is 2. The van der Waals surface area contributed by atoms with Gasteiger partial charge in [0.2, 0.25) is 11.8 Å². The van der Waals surface area contributed by atoms with Crippen molar-refractivity contribution in [2.75, 3.05) is 18.2 Å². The predicted octanol–water partition coefficient (Wildman–Crippen LogP) is 0.381. The molecule has 1 heterocycles. The van der Waals surface area contributed by atoms with E-state index < -0.39 is 23.8 Å². The first-order valence-electron chi connectivity index (χ1n) is 6.80. The number of carboxylic acid groups (broad SMARTS) is 1. The molecule has 1 aliphatic carbocycles. The topological polar surface area (TPSA) is 86.7 Å². The summed E-state index contributed by atoms with van der Waals surface area (Å²) in [5.74, 6) is -0.828. The van der Waals surface area contributed by atoms with Crippen LogP contribution in [0.5, 0.6) is 0 Å². The van der Waals surface area contributed by atoms with E-state index in [2.05, 4.69) is 5.32 Å². The Kier molecular flexibility index (Phi) is 4.57. The van der Waals surface area contributed by atoms with Crippen LogP contribution in [-0.4, -0.2) is 52.0 Å². The standard InChI is InChI=1S/C13H20N2O4S/c1-7(2)4-14-11(16)10-5-20-6-15(10)12(17)8-3-9(8)13(18)19/h7-10H,3-6H2,1-2H3,(H,14,16)(H,18,19). The summed E-state index contributed by atoms with van der Waals surface area (Å²) in [4.78, 5) is 36.7. The van der Waals surface area contributed by atoms with Crippen molar-refractivity contribution in [1.82, 2.24) is 10.2 Å². The number of nitrogens with zero attached hydrogens (tertiary/aromatic N) is 1. The maximum absolute atomic E-state index is 12.2. The third-order valence-corrected chi connectivity index (χ3v) is 4.59. The highest BCUT2D eigenvalue weighted by atomic mass is 32.2. The lowest BCUT2D eigenvalue weighted by molar-refractivity contribution is -0.143. The van der Waals surface area contributed by atoms with E-state index in [4.69, 9.17) is 5.11 Å². The van der Waals surface area contributed by atoms with Crippen molar-refractivity contribution in [2.45, 2.75) is 26.3 Å². The Morgan fingerprint density at radius 2 is 2.05 bits per heavy atom. The molecule has 3 unspecified atom stereocenters. The number of amides is 2. The Balaban J connectivity index is 1.92. The zero-order valence-corrected chi connectivity index (χ0v) is 12.5. The highest BCUT2D eigenvalue weighted by Crippen LogP contribution is 2.41. The van der Waals surface area contributed by atoms with Crippen LogP contribution < -0.4 is 5.32 Å². The minimum atomic E-state index is -0.920. The van der Waals surface area contributed by atoms with Crippen molar-refractivity contribution in [1.29, 1.82) is 0 Å². The maximum atomic E-state index is 12.2. The summed E-state index contributed by atoms with van der Waals surface area (Å²) in [5.41, 5.74) is 0. The number of aliphatic carboxylic acids is 1. The van der Waals surface area contributed by atoms with Gasteiger partial charge in [-0.25, -0.2) is 0 Å². The number of carbonyl (C=O) groups excluding carboxylic acids is 2. The van der Waals surface area contributed by atoms with Gasteiger partial charge in [0, 0.05) is 12.3 Å². The Morgan fingerprint density at radius 3 is 2.60 bits per heavy atom. The van der Waals surface area contributed by atoms with E-state index in [0.29, 0.717) is 30.5 Å². The molecule has 20 heavy (non-hydrogen) atoms. The quantitative estimate of drug-likeness (QED) is 0.766. The first-order valence-corrected chi connectivity index (χ1v) is 7.96. The molecular weight excluding hydrogens is 280 g/mol. The first-order chi connectivity index (χ1) is 9.41. The Morgan fingerprint density at radius 1 is 1.35 bits per heavy atom. The van der Waals surface area contributed by atoms with Crippen LogP contribution in [0.25, 0.3) is 0 Å². The molecule has 0 aromatic heterocycles. The van der Waals surface area contributed by atoms with Gasteiger partial charge >= 0.3 is 5.97 Å². The lowest BCUT2D eigenvalue weighted by Gasteiger charge is -2.23. The highest BCUT2D eigenvalue weighted by Gasteiger charge is 2.52. The van der Waals surface area contributed by atoms with Gasteiger partial charge in [-0.05, 0) is 12.3 Å². The second-order valence-corrected chi connectivity index (χ2v) is 6.75. The van der Waals surface area contributed by atoms with E-state index in [1.807, 2.05) is 13.8 Å². The fourth-order valence-corrected chi connectivity index (χ4v) is 3.42. The lowest BCUT2D eigenvalue weighted by Crippen LogP contribution is -2.48. The second kappa shape index (κ2) is 6.03. The van der Waals surface area contributed by atoms with E-state index in [1.165, 1.54) is 16.7 Å². The predicted molar refractivity (Wildman–Crippen MR) is 75.0 cm³/mol. The van der Waals surface area contributed by atoms with Crippen molar-refractivity contribution in [3.63, 3.8) is 0 Å². The zero-order chi connectivity index (χ0) is 14.9. The molecule has 6 nitrogen and oxygen atoms in total. The van der Waals surface area contributed by atoms with Crippen molar-refractivity contribution in [2.24, 2.45) is 17.8 Å². The number of nitrogens with one attached hydrogen (secondary N) is 1. The fraction of sp³-hybridized carbons (Fsp3) is 0.769. The van der Waals surface area contributed by atoms with Gasteiger partial charge < -0.3 is 15.3 Å². The first kappa shape index (κ1) is 15.2. The average molecular weight is 300 g/mol. The molecule has 1 saturated heterocycles. The molecule has 1 aliphatic heterocycles. The molecule has 2 fully saturated rings. The van der Waals surface area contributed by atoms with Crippen LogP contribution in [0.4, 0.5) is 0 Å². The Labute approximate surface area is 122 Å². The molecule has 0 bridgehead atoms. The summed E-state index contributed by atoms with van der Waals surface area (Å²) in [7, 11) is 0. The second-order valence-electron chi connectivity index (χ2n) is 5.75. The van der Waals surface area contributed by atoms with Crippen LogP contribution in [0.1, 0.15) is 20.3 Å². The fourth-order valence-electron chi connectivity index (χ4n) is 2.25. The van der Waals surface area contributed by atoms with E-state index in [9.17, 15) is 14.4 Å². The molecule has 7 heteroatoms. The molecular formula is C13H20N2O4S. The summed E-state index contributed by atoms with van der Waals surface area (Å²) in [5, 5.41) is 11.7. The monoisotopic (exact) mass is 300 g/mol. The van der Waals surface area contributed by atoms with Gasteiger partial charge in [0.15, 0.2) is 0 Å². The SMILES string of the molecule is CC(C)CNC(=O)C1CSCN1C(=O)C1CC1C(=O)O. The van der Waals surface area contributed by atoms with Crippen LogP contribution in [0.2, 0.25) is 0 Å². The van der Waals surface area contributed by atoms with Gasteiger partial charge in [-0.15, -0.1) is 11.8 Å². The molecule has 1 saturated carbocycles. The summed E-state index contributed by atoms with van der Waals surface area (Å²) >= 11 is 1.53. The Bertz CT molecular complexity index is 427. The lowest BCUT2D eigenvalue weighted by atomic mass is 10.2. The van der Waals surface area contributed by atoms with Gasteiger partial charge in [0.25, 0.3) is 0 Å². The van der Waals surface area contributed by atoms with Crippen LogP contribution in [0, 0.1) is 17.8 Å². The highest BCUT2D eigenvalue weighted by molar-refractivity contribution is 7.99. The van der Waals surface area contributed by atoms with Gasteiger partial charge in [-0.3, -0.25) is 14.4 Å². The minimum absolute atomic E-state index is 0.135. The third-order valence-electron chi connectivity index (χ3n) is 3.58. The molecule has 2 amide bonds. The third kappa shape index (κ3) is 3.26. The molecule has 2 N–H and O–H groups in total. The van der Waals surface area contributed by atoms with Gasteiger partial charge in [0.1, 0.15) is 6.04 Å². The molecule has 0 spiro atoms. The summed E-state index contributed by atoms with van der Waals surface area (Å²) in [6.45, 7) is 4.60. The van der Waals surface area contributed by atoms with Gasteiger partial charge in [-0.1, -0.05) is 13.8 Å². The van der Waals surface area contributed by atoms with Gasteiger partial charge in [-0.2, -0.15) is 0 Å². The smallest absolute Gasteiger partial charge is 0.307 e. The van der Waals surface area contributed by atoms with Gasteiger partial charge in [0.05, 0.1) is 17.7 Å². The van der Waals surface area contributed by atoms with Crippen LogP contribution in [0.3, 0.4) is 0 Å². The number of carboxylic acids is 1. The van der Waals surface area contributed by atoms with Crippen molar-refractivity contribution >= 4 is 29.5 Å². The number of thioether (sulfide) groups is 1. The maximum Gasteiger partial charge on any atom is 0.307 e. The molecule has 3 atom stereocenters. The van der Waals surface area contributed by atoms with E-state index in [0.717, 1.165) is 0 Å².